The van der Waals surface area contributed by atoms with Crippen molar-refractivity contribution in [3.05, 3.63) is 6.33 Å². The molecule has 6 heteroatoms. The number of hydrogen-bond acceptors (Lipinski definition) is 6. The molecule has 1 saturated heterocycles. The summed E-state index contributed by atoms with van der Waals surface area (Å²) in [5.74, 6) is 1.10. The fourth-order valence-corrected chi connectivity index (χ4v) is 3.43. The maximum absolute atomic E-state index is 6.16. The van der Waals surface area contributed by atoms with E-state index in [-0.39, 0.29) is 17.2 Å². The summed E-state index contributed by atoms with van der Waals surface area (Å²) in [5.41, 5.74) is 6.77. The number of ether oxygens (including phenoxy) is 1. The molecule has 1 aliphatic heterocycles. The molecule has 0 atom stereocenters. The van der Waals surface area contributed by atoms with Gasteiger partial charge in [-0.3, -0.25) is 0 Å². The number of hydrogen-bond donors (Lipinski definition) is 3. The fourth-order valence-electron chi connectivity index (χ4n) is 3.43. The summed E-state index contributed by atoms with van der Waals surface area (Å²) in [6.07, 6.45) is 3.52. The number of anilines is 2. The molecule has 0 saturated carbocycles. The van der Waals surface area contributed by atoms with E-state index in [1.807, 2.05) is 13.8 Å². The SMILES string of the molecule is CC(C)Oc1ncnc(NC2CC(C)(C)NC(C)(C)C2)c1N. The number of piperidine rings is 1. The first-order valence-electron chi connectivity index (χ1n) is 7.91. The van der Waals surface area contributed by atoms with Crippen LogP contribution in [0.5, 0.6) is 5.88 Å². The number of nitrogens with one attached hydrogen (secondary N) is 2. The number of nitrogens with zero attached hydrogens (tertiary/aromatic N) is 2. The second-order valence-corrected chi connectivity index (χ2v) is 7.75. The zero-order chi connectivity index (χ0) is 16.5. The summed E-state index contributed by atoms with van der Waals surface area (Å²) in [7, 11) is 0. The highest BCUT2D eigenvalue weighted by Crippen LogP contribution is 2.32. The highest BCUT2D eigenvalue weighted by atomic mass is 16.5. The molecule has 0 amide bonds. The van der Waals surface area contributed by atoms with E-state index in [9.17, 15) is 0 Å². The molecule has 124 valence electrons. The Morgan fingerprint density at radius 1 is 1.23 bits per heavy atom. The predicted octanol–water partition coefficient (Wildman–Crippen LogP) is 2.57. The second-order valence-electron chi connectivity index (χ2n) is 7.75. The molecule has 1 aromatic rings. The van der Waals surface area contributed by atoms with Crippen molar-refractivity contribution in [2.24, 2.45) is 0 Å². The zero-order valence-electron chi connectivity index (χ0n) is 14.5. The van der Waals surface area contributed by atoms with Gasteiger partial charge in [-0.15, -0.1) is 0 Å². The summed E-state index contributed by atoms with van der Waals surface area (Å²) in [6.45, 7) is 12.8. The molecule has 0 aliphatic carbocycles. The van der Waals surface area contributed by atoms with Crippen molar-refractivity contribution in [1.82, 2.24) is 15.3 Å². The molecule has 0 bridgehead atoms. The molecular formula is C16H29N5O. The average molecular weight is 307 g/mol. The molecule has 1 aromatic heterocycles. The quantitative estimate of drug-likeness (QED) is 0.793. The molecule has 1 aliphatic rings. The fraction of sp³-hybridized carbons (Fsp3) is 0.750. The monoisotopic (exact) mass is 307 g/mol. The summed E-state index contributed by atoms with van der Waals surface area (Å²) in [5, 5.41) is 7.15. The van der Waals surface area contributed by atoms with Crippen molar-refractivity contribution >= 4 is 11.5 Å². The van der Waals surface area contributed by atoms with Crippen molar-refractivity contribution in [2.45, 2.75) is 77.6 Å². The van der Waals surface area contributed by atoms with Crippen LogP contribution < -0.4 is 21.1 Å². The standard InChI is InChI=1S/C16H29N5O/c1-10(2)22-14-12(17)13(18-9-19-14)20-11-7-15(3,4)21-16(5,6)8-11/h9-11,21H,7-8,17H2,1-6H3,(H,18,19,20). The van der Waals surface area contributed by atoms with Gasteiger partial charge in [0, 0.05) is 17.1 Å². The summed E-state index contributed by atoms with van der Waals surface area (Å²) in [6, 6.07) is 0.301. The van der Waals surface area contributed by atoms with E-state index in [0.29, 0.717) is 23.4 Å². The van der Waals surface area contributed by atoms with Gasteiger partial charge in [0.15, 0.2) is 5.82 Å². The van der Waals surface area contributed by atoms with Gasteiger partial charge in [0.2, 0.25) is 5.88 Å². The maximum atomic E-state index is 6.16. The number of nitrogen functional groups attached to an aromatic ring is 1. The van der Waals surface area contributed by atoms with Crippen LogP contribution in [0.2, 0.25) is 0 Å². The van der Waals surface area contributed by atoms with E-state index in [1.165, 1.54) is 6.33 Å². The molecule has 22 heavy (non-hydrogen) atoms. The Kier molecular flexibility index (Phi) is 4.52. The first kappa shape index (κ1) is 16.8. The largest absolute Gasteiger partial charge is 0.473 e. The first-order valence-corrected chi connectivity index (χ1v) is 7.91. The maximum Gasteiger partial charge on any atom is 0.242 e. The van der Waals surface area contributed by atoms with Gasteiger partial charge in [0.25, 0.3) is 0 Å². The van der Waals surface area contributed by atoms with E-state index >= 15 is 0 Å². The van der Waals surface area contributed by atoms with E-state index in [4.69, 9.17) is 10.5 Å². The van der Waals surface area contributed by atoms with E-state index in [2.05, 4.69) is 48.3 Å². The summed E-state index contributed by atoms with van der Waals surface area (Å²) in [4.78, 5) is 8.41. The molecule has 0 unspecified atom stereocenters. The lowest BCUT2D eigenvalue weighted by atomic mass is 9.79. The highest BCUT2D eigenvalue weighted by Gasteiger charge is 2.37. The van der Waals surface area contributed by atoms with Gasteiger partial charge in [-0.25, -0.2) is 4.98 Å². The van der Waals surface area contributed by atoms with Gasteiger partial charge >= 0.3 is 0 Å². The van der Waals surface area contributed by atoms with Crippen LogP contribution in [-0.2, 0) is 0 Å². The zero-order valence-corrected chi connectivity index (χ0v) is 14.5. The Morgan fingerprint density at radius 2 is 1.82 bits per heavy atom. The molecular weight excluding hydrogens is 278 g/mol. The van der Waals surface area contributed by atoms with Crippen LogP contribution in [0.4, 0.5) is 11.5 Å². The predicted molar refractivity (Wildman–Crippen MR) is 90.1 cm³/mol. The minimum absolute atomic E-state index is 0.0294. The van der Waals surface area contributed by atoms with E-state index in [1.54, 1.807) is 0 Å². The normalized spacial score (nSPS) is 20.9. The lowest BCUT2D eigenvalue weighted by Gasteiger charge is -2.46. The van der Waals surface area contributed by atoms with Gasteiger partial charge < -0.3 is 21.1 Å². The van der Waals surface area contributed by atoms with Gasteiger partial charge in [0.1, 0.15) is 12.0 Å². The third-order valence-corrected chi connectivity index (χ3v) is 3.73. The van der Waals surface area contributed by atoms with Crippen LogP contribution in [0.3, 0.4) is 0 Å². The van der Waals surface area contributed by atoms with Crippen LogP contribution in [0.1, 0.15) is 54.4 Å². The smallest absolute Gasteiger partial charge is 0.242 e. The minimum Gasteiger partial charge on any atom is -0.473 e. The molecule has 2 rings (SSSR count). The van der Waals surface area contributed by atoms with Crippen LogP contribution in [0, 0.1) is 0 Å². The third kappa shape index (κ3) is 4.22. The summed E-state index contributed by atoms with van der Waals surface area (Å²) < 4.78 is 5.63. The molecule has 0 aromatic carbocycles. The average Bonchev–Trinajstić information content (AvgIpc) is 2.29. The molecule has 0 spiro atoms. The number of aromatic nitrogens is 2. The van der Waals surface area contributed by atoms with Crippen molar-refractivity contribution in [1.29, 1.82) is 0 Å². The van der Waals surface area contributed by atoms with Crippen LogP contribution in [0.15, 0.2) is 6.33 Å². The Morgan fingerprint density at radius 3 is 2.36 bits per heavy atom. The van der Waals surface area contributed by atoms with Gasteiger partial charge in [-0.1, -0.05) is 0 Å². The van der Waals surface area contributed by atoms with Crippen molar-refractivity contribution in [3.8, 4) is 5.88 Å². The number of rotatable bonds is 4. The van der Waals surface area contributed by atoms with Crippen LogP contribution >= 0.6 is 0 Å². The lowest BCUT2D eigenvalue weighted by Crippen LogP contribution is -2.60. The highest BCUT2D eigenvalue weighted by molar-refractivity contribution is 5.66. The molecule has 0 radical (unpaired) electrons. The summed E-state index contributed by atoms with van der Waals surface area (Å²) >= 11 is 0. The molecule has 2 heterocycles. The van der Waals surface area contributed by atoms with Gasteiger partial charge in [0.05, 0.1) is 6.10 Å². The first-order chi connectivity index (χ1) is 10.1. The lowest BCUT2D eigenvalue weighted by molar-refractivity contribution is 0.170. The van der Waals surface area contributed by atoms with E-state index < -0.39 is 0 Å². The Hall–Kier alpha value is -1.56. The van der Waals surface area contributed by atoms with E-state index in [0.717, 1.165) is 12.8 Å². The van der Waals surface area contributed by atoms with Crippen molar-refractivity contribution in [3.63, 3.8) is 0 Å². The Bertz CT molecular complexity index is 511. The Labute approximate surface area is 133 Å². The van der Waals surface area contributed by atoms with Crippen molar-refractivity contribution in [2.75, 3.05) is 11.1 Å². The van der Waals surface area contributed by atoms with Crippen molar-refractivity contribution < 1.29 is 4.74 Å². The minimum atomic E-state index is 0.0294. The Balaban J connectivity index is 2.16. The van der Waals surface area contributed by atoms with Gasteiger partial charge in [-0.2, -0.15) is 4.98 Å². The van der Waals surface area contributed by atoms with Crippen LogP contribution in [-0.4, -0.2) is 33.2 Å². The number of nitrogens with two attached hydrogens (primary N) is 1. The topological polar surface area (TPSA) is 85.1 Å². The molecule has 4 N–H and O–H groups in total. The second kappa shape index (κ2) is 5.91. The van der Waals surface area contributed by atoms with Gasteiger partial charge in [-0.05, 0) is 54.4 Å². The third-order valence-electron chi connectivity index (χ3n) is 3.73. The van der Waals surface area contributed by atoms with Crippen LogP contribution in [0.25, 0.3) is 0 Å². The molecule has 1 fully saturated rings. The molecule has 6 nitrogen and oxygen atoms in total.